The van der Waals surface area contributed by atoms with Crippen molar-refractivity contribution in [2.75, 3.05) is 14.2 Å². The summed E-state index contributed by atoms with van der Waals surface area (Å²) in [4.78, 5) is 24.1. The van der Waals surface area contributed by atoms with Crippen molar-refractivity contribution in [1.82, 2.24) is 4.57 Å². The van der Waals surface area contributed by atoms with Gasteiger partial charge in [-0.2, -0.15) is 0 Å². The van der Waals surface area contributed by atoms with Gasteiger partial charge in [-0.3, -0.25) is 4.79 Å². The van der Waals surface area contributed by atoms with Crippen molar-refractivity contribution in [2.45, 2.75) is 6.54 Å². The van der Waals surface area contributed by atoms with Crippen molar-refractivity contribution in [3.8, 4) is 5.75 Å². The van der Waals surface area contributed by atoms with Gasteiger partial charge in [0.1, 0.15) is 5.75 Å². The molecule has 1 aromatic heterocycles. The fourth-order valence-electron chi connectivity index (χ4n) is 2.78. The largest absolute Gasteiger partial charge is 0.496 e. The van der Waals surface area contributed by atoms with Crippen LogP contribution >= 0.6 is 0 Å². The normalized spacial score (nSPS) is 10.6. The first-order chi connectivity index (χ1) is 11.7. The topological polar surface area (TPSA) is 57.5 Å². The van der Waals surface area contributed by atoms with Crippen molar-refractivity contribution in [1.29, 1.82) is 0 Å². The van der Waals surface area contributed by atoms with Gasteiger partial charge in [-0.15, -0.1) is 0 Å². The van der Waals surface area contributed by atoms with Crippen LogP contribution in [0.1, 0.15) is 15.9 Å². The van der Waals surface area contributed by atoms with E-state index in [2.05, 4.69) is 4.74 Å². The van der Waals surface area contributed by atoms with E-state index < -0.39 is 11.8 Å². The maximum Gasteiger partial charge on any atom is 0.379 e. The highest BCUT2D eigenvalue weighted by Crippen LogP contribution is 2.31. The van der Waals surface area contributed by atoms with Crippen LogP contribution in [0.15, 0.2) is 54.7 Å². The summed E-state index contributed by atoms with van der Waals surface area (Å²) in [6.45, 7) is 0.582. The fraction of sp³-hybridized carbons (Fsp3) is 0.158. The zero-order valence-electron chi connectivity index (χ0n) is 13.5. The Kier molecular flexibility index (Phi) is 4.33. The number of ether oxygens (including phenoxy) is 2. The number of hydrogen-bond donors (Lipinski definition) is 0. The lowest BCUT2D eigenvalue weighted by molar-refractivity contribution is -0.135. The number of aromatic nitrogens is 1. The second-order valence-electron chi connectivity index (χ2n) is 5.33. The van der Waals surface area contributed by atoms with Gasteiger partial charge in [0, 0.05) is 12.7 Å². The summed E-state index contributed by atoms with van der Waals surface area (Å²) in [7, 11) is 2.73. The first-order valence-electron chi connectivity index (χ1n) is 7.48. The van der Waals surface area contributed by atoms with Crippen LogP contribution < -0.4 is 4.74 Å². The molecular weight excluding hydrogens is 306 g/mol. The number of methoxy groups -OCH3 is 2. The summed E-state index contributed by atoms with van der Waals surface area (Å²) in [5.41, 5.74) is 2.20. The molecule has 0 aliphatic heterocycles. The Morgan fingerprint density at radius 2 is 1.75 bits per heavy atom. The van der Waals surface area contributed by atoms with Crippen LogP contribution in [0.5, 0.6) is 5.75 Å². The highest BCUT2D eigenvalue weighted by Gasteiger charge is 2.24. The summed E-state index contributed by atoms with van der Waals surface area (Å²) >= 11 is 0. The Hall–Kier alpha value is -3.08. The van der Waals surface area contributed by atoms with Crippen LogP contribution in [-0.4, -0.2) is 30.5 Å². The van der Waals surface area contributed by atoms with Crippen LogP contribution in [0.4, 0.5) is 0 Å². The van der Waals surface area contributed by atoms with E-state index >= 15 is 0 Å². The van der Waals surface area contributed by atoms with E-state index in [0.717, 1.165) is 11.1 Å². The van der Waals surface area contributed by atoms with E-state index in [1.54, 1.807) is 12.3 Å². The molecule has 3 rings (SSSR count). The van der Waals surface area contributed by atoms with Crippen LogP contribution in [0.2, 0.25) is 0 Å². The van der Waals surface area contributed by atoms with Crippen molar-refractivity contribution >= 4 is 22.7 Å². The molecule has 122 valence electrons. The number of carbonyl (C=O) groups excluding carboxylic acids is 2. The number of rotatable bonds is 5. The second kappa shape index (κ2) is 6.58. The Labute approximate surface area is 139 Å². The van der Waals surface area contributed by atoms with Gasteiger partial charge in [-0.05, 0) is 17.7 Å². The molecule has 2 aromatic carbocycles. The summed E-state index contributed by atoms with van der Waals surface area (Å²) in [5, 5.41) is 0.617. The third-order valence-corrected chi connectivity index (χ3v) is 3.90. The zero-order valence-corrected chi connectivity index (χ0v) is 13.5. The SMILES string of the molecule is COC(=O)C(=O)c1cn(Cc2ccccc2)c2cccc(OC)c12. The van der Waals surface area contributed by atoms with E-state index in [0.29, 0.717) is 17.7 Å². The van der Waals surface area contributed by atoms with E-state index in [9.17, 15) is 9.59 Å². The summed E-state index contributed by atoms with van der Waals surface area (Å²) in [6, 6.07) is 15.4. The molecular formula is C19H17NO4. The highest BCUT2D eigenvalue weighted by atomic mass is 16.5. The molecule has 1 heterocycles. The smallest absolute Gasteiger partial charge is 0.379 e. The van der Waals surface area contributed by atoms with E-state index in [4.69, 9.17) is 4.74 Å². The summed E-state index contributed by atoms with van der Waals surface area (Å²) < 4.78 is 11.9. The molecule has 5 heteroatoms. The molecule has 0 aliphatic rings. The van der Waals surface area contributed by atoms with E-state index in [-0.39, 0.29) is 5.56 Å². The van der Waals surface area contributed by atoms with Gasteiger partial charge >= 0.3 is 5.97 Å². The average Bonchev–Trinajstić information content (AvgIpc) is 3.00. The number of hydrogen-bond acceptors (Lipinski definition) is 4. The Bertz CT molecular complexity index is 896. The number of carbonyl (C=O) groups is 2. The molecule has 0 fully saturated rings. The molecule has 3 aromatic rings. The fourth-order valence-corrected chi connectivity index (χ4v) is 2.78. The molecule has 0 unspecified atom stereocenters. The van der Waals surface area contributed by atoms with Crippen molar-refractivity contribution < 1.29 is 19.1 Å². The predicted molar refractivity (Wildman–Crippen MR) is 90.4 cm³/mol. The Morgan fingerprint density at radius 1 is 1.00 bits per heavy atom. The van der Waals surface area contributed by atoms with Gasteiger partial charge in [0.25, 0.3) is 5.78 Å². The molecule has 5 nitrogen and oxygen atoms in total. The number of Topliss-reactive ketones (excluding diaryl/α,β-unsaturated/α-hetero) is 1. The van der Waals surface area contributed by atoms with Gasteiger partial charge in [-0.1, -0.05) is 36.4 Å². The Morgan fingerprint density at radius 3 is 2.42 bits per heavy atom. The molecule has 0 saturated heterocycles. The molecule has 0 radical (unpaired) electrons. The third kappa shape index (κ3) is 2.76. The summed E-state index contributed by atoms with van der Waals surface area (Å²) in [5.74, 6) is -1.02. The van der Waals surface area contributed by atoms with Gasteiger partial charge in [0.05, 0.1) is 30.7 Å². The lowest BCUT2D eigenvalue weighted by Gasteiger charge is -2.07. The van der Waals surface area contributed by atoms with Crippen molar-refractivity contribution in [3.05, 3.63) is 65.9 Å². The minimum Gasteiger partial charge on any atom is -0.496 e. The highest BCUT2D eigenvalue weighted by molar-refractivity contribution is 6.43. The van der Waals surface area contributed by atoms with Gasteiger partial charge in [-0.25, -0.2) is 4.79 Å². The van der Waals surface area contributed by atoms with Crippen LogP contribution in [0, 0.1) is 0 Å². The first kappa shape index (κ1) is 15.8. The summed E-state index contributed by atoms with van der Waals surface area (Å²) in [6.07, 6.45) is 1.68. The lowest BCUT2D eigenvalue weighted by atomic mass is 10.1. The first-order valence-corrected chi connectivity index (χ1v) is 7.48. The van der Waals surface area contributed by atoms with Gasteiger partial charge < -0.3 is 14.0 Å². The molecule has 0 amide bonds. The standard InChI is InChI=1S/C19H17NO4/c1-23-16-10-6-9-15-17(16)14(18(21)19(22)24-2)12-20(15)11-13-7-4-3-5-8-13/h3-10,12H,11H2,1-2H3. The van der Waals surface area contributed by atoms with Crippen LogP contribution in [-0.2, 0) is 16.1 Å². The molecule has 0 N–H and O–H groups in total. The molecule has 0 spiro atoms. The molecule has 0 saturated carbocycles. The predicted octanol–water partition coefficient (Wildman–Crippen LogP) is 3.05. The maximum atomic E-state index is 12.4. The number of ketones is 1. The monoisotopic (exact) mass is 323 g/mol. The Balaban J connectivity index is 2.17. The van der Waals surface area contributed by atoms with Crippen molar-refractivity contribution in [3.63, 3.8) is 0 Å². The number of fused-ring (bicyclic) bond motifs is 1. The maximum absolute atomic E-state index is 12.4. The minimum absolute atomic E-state index is 0.283. The average molecular weight is 323 g/mol. The number of nitrogens with zero attached hydrogens (tertiary/aromatic N) is 1. The molecule has 0 aliphatic carbocycles. The van der Waals surface area contributed by atoms with E-state index in [1.807, 2.05) is 47.0 Å². The van der Waals surface area contributed by atoms with Crippen molar-refractivity contribution in [2.24, 2.45) is 0 Å². The third-order valence-electron chi connectivity index (χ3n) is 3.90. The number of esters is 1. The lowest BCUT2D eigenvalue weighted by Crippen LogP contribution is -2.15. The van der Waals surface area contributed by atoms with Crippen LogP contribution in [0.3, 0.4) is 0 Å². The zero-order chi connectivity index (χ0) is 17.1. The van der Waals surface area contributed by atoms with Crippen LogP contribution in [0.25, 0.3) is 10.9 Å². The molecule has 0 atom stereocenters. The van der Waals surface area contributed by atoms with Gasteiger partial charge in [0.15, 0.2) is 0 Å². The van der Waals surface area contributed by atoms with Gasteiger partial charge in [0.2, 0.25) is 0 Å². The number of benzene rings is 2. The molecule has 0 bridgehead atoms. The second-order valence-corrected chi connectivity index (χ2v) is 5.33. The minimum atomic E-state index is -0.889. The van der Waals surface area contributed by atoms with E-state index in [1.165, 1.54) is 14.2 Å². The molecule has 24 heavy (non-hydrogen) atoms. The quantitative estimate of drug-likeness (QED) is 0.411.